The van der Waals surface area contributed by atoms with E-state index in [9.17, 15) is 24.5 Å². The number of amides is 1. The summed E-state index contributed by atoms with van der Waals surface area (Å²) in [7, 11) is 1.39. The first-order valence-corrected chi connectivity index (χ1v) is 21.2. The van der Waals surface area contributed by atoms with E-state index < -0.39 is 38.6 Å². The van der Waals surface area contributed by atoms with E-state index in [0.29, 0.717) is 17.4 Å². The van der Waals surface area contributed by atoms with Crippen LogP contribution in [0, 0.1) is 0 Å². The third kappa shape index (κ3) is 36.1. The minimum atomic E-state index is -4.41. The second kappa shape index (κ2) is 33.9. The van der Waals surface area contributed by atoms with E-state index >= 15 is 0 Å². The van der Waals surface area contributed by atoms with Gasteiger partial charge >= 0.3 is 7.82 Å². The van der Waals surface area contributed by atoms with Crippen LogP contribution >= 0.6 is 7.82 Å². The van der Waals surface area contributed by atoms with Crippen molar-refractivity contribution in [2.75, 3.05) is 40.9 Å². The highest BCUT2D eigenvalue weighted by atomic mass is 31.2. The molecule has 2 unspecified atom stereocenters. The molecule has 4 atom stereocenters. The van der Waals surface area contributed by atoms with Crippen molar-refractivity contribution in [3.63, 3.8) is 0 Å². The van der Waals surface area contributed by atoms with E-state index in [1.54, 1.807) is 18.2 Å². The Kier molecular flexibility index (Phi) is 32.2. The van der Waals surface area contributed by atoms with E-state index in [4.69, 9.17) is 9.05 Å². The fourth-order valence-corrected chi connectivity index (χ4v) is 5.43. The average Bonchev–Trinajstić information content (AvgIpc) is 3.10. The van der Waals surface area contributed by atoms with Crippen molar-refractivity contribution in [3.8, 4) is 0 Å². The van der Waals surface area contributed by atoms with Gasteiger partial charge in [0.2, 0.25) is 5.91 Å². The highest BCUT2D eigenvalue weighted by Crippen LogP contribution is 2.43. The van der Waals surface area contributed by atoms with Crippen LogP contribution in [0.2, 0.25) is 0 Å². The minimum Gasteiger partial charge on any atom is -0.389 e. The summed E-state index contributed by atoms with van der Waals surface area (Å²) in [6, 6.07) is -0.992. The molecule has 0 aliphatic carbocycles. The fraction of sp³-hybridized carbons (Fsp3) is 0.605. The topological polar surface area (TPSA) is 125 Å². The number of phosphoric acid groups is 1. The number of rotatable bonds is 33. The summed E-state index contributed by atoms with van der Waals surface area (Å²) in [6.45, 7) is 4.41. The van der Waals surface area contributed by atoms with Crippen LogP contribution in [0.1, 0.15) is 110 Å². The van der Waals surface area contributed by atoms with Gasteiger partial charge in [0.15, 0.2) is 0 Å². The predicted octanol–water partition coefficient (Wildman–Crippen LogP) is 9.37. The molecule has 4 N–H and O–H groups in total. The Hall–Kier alpha value is -2.62. The van der Waals surface area contributed by atoms with Gasteiger partial charge in [-0.25, -0.2) is 4.57 Å². The summed E-state index contributed by atoms with van der Waals surface area (Å²) in [5, 5.41) is 23.9. The molecule has 302 valence electrons. The number of hydrogen-bond donors (Lipinski definition) is 4. The van der Waals surface area contributed by atoms with Crippen molar-refractivity contribution in [2.45, 2.75) is 128 Å². The predicted molar refractivity (Wildman–Crippen MR) is 222 cm³/mol. The third-order valence-electron chi connectivity index (χ3n) is 7.91. The molecule has 0 spiro atoms. The second-order valence-electron chi connectivity index (χ2n) is 14.1. The van der Waals surface area contributed by atoms with Crippen LogP contribution in [0.3, 0.4) is 0 Å². The molecule has 0 aliphatic heterocycles. The number of unbranched alkanes of at least 4 members (excludes halogenated alkanes) is 6. The molecular formula is C43H74N2O7P+. The molecule has 0 radical (unpaired) electrons. The van der Waals surface area contributed by atoms with Crippen molar-refractivity contribution in [3.05, 3.63) is 97.2 Å². The number of quaternary nitrogens is 1. The molecule has 0 aromatic carbocycles. The Balaban J connectivity index is 4.81. The first kappa shape index (κ1) is 50.4. The molecule has 0 bridgehead atoms. The molecule has 0 fully saturated rings. The Morgan fingerprint density at radius 3 is 1.92 bits per heavy atom. The second-order valence-corrected chi connectivity index (χ2v) is 15.6. The molecule has 0 aromatic rings. The number of phosphoric ester groups is 1. The van der Waals surface area contributed by atoms with Crippen LogP contribution in [-0.4, -0.2) is 84.6 Å². The molecule has 0 aromatic heterocycles. The van der Waals surface area contributed by atoms with Gasteiger partial charge < -0.3 is 24.9 Å². The number of nitrogens with one attached hydrogen (secondary N) is 1. The molecule has 0 saturated carbocycles. The molecule has 1 amide bonds. The van der Waals surface area contributed by atoms with Crippen molar-refractivity contribution in [2.24, 2.45) is 0 Å². The van der Waals surface area contributed by atoms with Gasteiger partial charge in [0, 0.05) is 6.42 Å². The Morgan fingerprint density at radius 1 is 0.717 bits per heavy atom. The maximum atomic E-state index is 12.8. The molecule has 0 heterocycles. The largest absolute Gasteiger partial charge is 0.472 e. The van der Waals surface area contributed by atoms with Gasteiger partial charge in [0.05, 0.1) is 46.0 Å². The lowest BCUT2D eigenvalue weighted by atomic mass is 10.1. The van der Waals surface area contributed by atoms with Crippen LogP contribution < -0.4 is 5.32 Å². The van der Waals surface area contributed by atoms with Crippen molar-refractivity contribution in [1.29, 1.82) is 0 Å². The zero-order chi connectivity index (χ0) is 39.5. The standard InChI is InChI=1S/C43H73N2O7P/c1-6-8-10-12-14-16-18-19-20-21-22-24-25-27-29-31-33-40(46)35-36-43(48)44-41(39-52-53(49,50)51-38-37-45(3,4)5)42(47)34-32-30-28-26-23-17-15-13-11-9-7-2/h8,10,14,16,19-20,22-24,26-27,29,31-34,40-42,46-47H,6-7,9,11-13,15,17-18,21,25,28,30,35-39H2,1-5H3,(H-,44,48,49,50)/p+1/b10-8-,16-14-,20-19-,24-22-,26-23-,29-27-,33-31-,34-32+/t40?,41-,42+/m0/s1. The third-order valence-corrected chi connectivity index (χ3v) is 8.89. The Labute approximate surface area is 322 Å². The molecule has 10 heteroatoms. The van der Waals surface area contributed by atoms with Crippen molar-refractivity contribution < 1.29 is 38.0 Å². The van der Waals surface area contributed by atoms with Gasteiger partial charge in [-0.15, -0.1) is 0 Å². The van der Waals surface area contributed by atoms with Crippen LogP contribution in [0.25, 0.3) is 0 Å². The van der Waals surface area contributed by atoms with Crippen LogP contribution in [0.15, 0.2) is 97.2 Å². The fourth-order valence-electron chi connectivity index (χ4n) is 4.69. The normalized spacial score (nSPS) is 16.2. The highest BCUT2D eigenvalue weighted by molar-refractivity contribution is 7.47. The summed E-state index contributed by atoms with van der Waals surface area (Å²) in [4.78, 5) is 23.0. The van der Waals surface area contributed by atoms with Gasteiger partial charge in [-0.2, -0.15) is 0 Å². The minimum absolute atomic E-state index is 0.00798. The molecule has 9 nitrogen and oxygen atoms in total. The van der Waals surface area contributed by atoms with E-state index in [1.807, 2.05) is 39.4 Å². The van der Waals surface area contributed by atoms with E-state index in [-0.39, 0.29) is 19.4 Å². The van der Waals surface area contributed by atoms with Gasteiger partial charge in [-0.1, -0.05) is 137 Å². The SMILES string of the molecule is CC/C=C\C/C=C\C/C=C\C/C=C\C/C=C\C=C/C(O)CCC(=O)N[C@@H](COP(=O)(O)OCC[N+](C)(C)C)[C@H](O)/C=C/CC/C=C\CCCCCCC. The average molecular weight is 762 g/mol. The molecule has 0 saturated heterocycles. The van der Waals surface area contributed by atoms with E-state index in [2.05, 4.69) is 79.9 Å². The number of hydrogen-bond acceptors (Lipinski definition) is 6. The van der Waals surface area contributed by atoms with Gasteiger partial charge in [0.1, 0.15) is 13.2 Å². The summed E-state index contributed by atoms with van der Waals surface area (Å²) < 4.78 is 23.3. The number of carbonyl (C=O) groups is 1. The number of carbonyl (C=O) groups excluding carboxylic acids is 1. The van der Waals surface area contributed by atoms with Crippen LogP contribution in [0.5, 0.6) is 0 Å². The van der Waals surface area contributed by atoms with Crippen molar-refractivity contribution in [1.82, 2.24) is 5.32 Å². The maximum Gasteiger partial charge on any atom is 0.472 e. The summed E-state index contributed by atoms with van der Waals surface area (Å²) in [5.41, 5.74) is 0. The summed E-state index contributed by atoms with van der Waals surface area (Å²) in [6.07, 6.45) is 43.8. The van der Waals surface area contributed by atoms with Crippen molar-refractivity contribution >= 4 is 13.7 Å². The first-order valence-electron chi connectivity index (χ1n) is 19.7. The van der Waals surface area contributed by atoms with Gasteiger partial charge in [-0.05, 0) is 64.2 Å². The molecular weight excluding hydrogens is 687 g/mol. The smallest absolute Gasteiger partial charge is 0.389 e. The number of aliphatic hydroxyl groups excluding tert-OH is 2. The molecule has 0 rings (SSSR count). The number of aliphatic hydroxyl groups is 2. The highest BCUT2D eigenvalue weighted by Gasteiger charge is 2.27. The van der Waals surface area contributed by atoms with Crippen LogP contribution in [0.4, 0.5) is 0 Å². The summed E-state index contributed by atoms with van der Waals surface area (Å²) in [5.74, 6) is -0.422. The zero-order valence-electron chi connectivity index (χ0n) is 33.6. The van der Waals surface area contributed by atoms with E-state index in [1.165, 1.54) is 32.1 Å². The zero-order valence-corrected chi connectivity index (χ0v) is 34.5. The maximum absolute atomic E-state index is 12.8. The van der Waals surface area contributed by atoms with Gasteiger partial charge in [-0.3, -0.25) is 13.8 Å². The quantitative estimate of drug-likeness (QED) is 0.0173. The lowest BCUT2D eigenvalue weighted by Crippen LogP contribution is -2.45. The Bertz CT molecular complexity index is 1200. The van der Waals surface area contributed by atoms with Crippen LogP contribution in [-0.2, 0) is 18.4 Å². The van der Waals surface area contributed by atoms with Gasteiger partial charge in [0.25, 0.3) is 0 Å². The number of allylic oxidation sites excluding steroid dienone is 14. The monoisotopic (exact) mass is 762 g/mol. The lowest BCUT2D eigenvalue weighted by Gasteiger charge is -2.25. The van der Waals surface area contributed by atoms with E-state index in [0.717, 1.165) is 44.9 Å². The Morgan fingerprint density at radius 2 is 1.30 bits per heavy atom. The summed E-state index contributed by atoms with van der Waals surface area (Å²) >= 11 is 0. The molecule has 53 heavy (non-hydrogen) atoms. The number of likely N-dealkylation sites (N-methyl/N-ethyl adjacent to an activating group) is 1. The first-order chi connectivity index (χ1) is 25.4. The number of nitrogens with zero attached hydrogens (tertiary/aromatic N) is 1. The molecule has 0 aliphatic rings. The lowest BCUT2D eigenvalue weighted by molar-refractivity contribution is -0.870.